The van der Waals surface area contributed by atoms with E-state index < -0.39 is 35.9 Å². The summed E-state index contributed by atoms with van der Waals surface area (Å²) < 4.78 is 5.20. The number of likely N-dealkylation sites (tertiary alicyclic amines) is 1. The molecule has 0 unspecified atom stereocenters. The van der Waals surface area contributed by atoms with Gasteiger partial charge in [-0.1, -0.05) is 12.2 Å². The summed E-state index contributed by atoms with van der Waals surface area (Å²) in [5.74, 6) is -3.09. The van der Waals surface area contributed by atoms with Crippen molar-refractivity contribution in [3.63, 3.8) is 0 Å². The number of benzene rings is 1. The Bertz CT molecular complexity index is 894. The largest absolute Gasteiger partial charge is 0.451 e. The van der Waals surface area contributed by atoms with Gasteiger partial charge in [0, 0.05) is 11.3 Å². The number of hydrogen-bond acceptors (Lipinski definition) is 6. The van der Waals surface area contributed by atoms with Crippen molar-refractivity contribution >= 4 is 35.2 Å². The quantitative estimate of drug-likeness (QED) is 0.332. The van der Waals surface area contributed by atoms with Gasteiger partial charge in [-0.2, -0.15) is 0 Å². The predicted molar refractivity (Wildman–Crippen MR) is 107 cm³/mol. The van der Waals surface area contributed by atoms with Gasteiger partial charge in [0.05, 0.1) is 11.8 Å². The molecule has 1 heterocycles. The van der Waals surface area contributed by atoms with E-state index in [9.17, 15) is 24.0 Å². The number of rotatable bonds is 6. The Hall–Kier alpha value is -3.29. The van der Waals surface area contributed by atoms with Crippen LogP contribution in [0.15, 0.2) is 36.4 Å². The molecule has 0 saturated carbocycles. The fourth-order valence-corrected chi connectivity index (χ4v) is 3.67. The maximum absolute atomic E-state index is 12.6. The molecule has 3 amide bonds. The normalized spacial score (nSPS) is 22.3. The Morgan fingerprint density at radius 1 is 1.00 bits per heavy atom. The molecule has 158 valence electrons. The Kier molecular flexibility index (Phi) is 6.14. The zero-order valence-corrected chi connectivity index (χ0v) is 17.1. The average Bonchev–Trinajstić information content (AvgIpc) is 2.98. The molecule has 1 aromatic rings. The number of hydrogen-bond donors (Lipinski definition) is 1. The number of imide groups is 1. The molecule has 4 atom stereocenters. The minimum Gasteiger partial charge on any atom is -0.451 e. The van der Waals surface area contributed by atoms with E-state index in [2.05, 4.69) is 5.32 Å². The van der Waals surface area contributed by atoms with Crippen molar-refractivity contribution < 1.29 is 28.7 Å². The highest BCUT2D eigenvalue weighted by atomic mass is 16.5. The summed E-state index contributed by atoms with van der Waals surface area (Å²) in [4.78, 5) is 62.3. The second-order valence-corrected chi connectivity index (χ2v) is 7.58. The highest BCUT2D eigenvalue weighted by Crippen LogP contribution is 2.36. The summed E-state index contributed by atoms with van der Waals surface area (Å²) >= 11 is 0. The molecule has 1 aliphatic carbocycles. The molecule has 1 aliphatic heterocycles. The SMILES string of the molecule is CC(=O)c1ccc(NC(=O)[C@H](C)OC(=O)[C@H](C)N2C(=O)[C@H]3CC=CC[C@@H]3C2=O)cc1. The number of fused-ring (bicyclic) bond motifs is 1. The minimum absolute atomic E-state index is 0.0919. The van der Waals surface area contributed by atoms with E-state index in [0.29, 0.717) is 24.1 Å². The summed E-state index contributed by atoms with van der Waals surface area (Å²) in [6.07, 6.45) is 3.57. The number of carbonyl (C=O) groups excluding carboxylic acids is 5. The van der Waals surface area contributed by atoms with Gasteiger partial charge >= 0.3 is 5.97 Å². The fourth-order valence-electron chi connectivity index (χ4n) is 3.67. The molecule has 8 nitrogen and oxygen atoms in total. The Labute approximate surface area is 174 Å². The molecule has 1 N–H and O–H groups in total. The number of allylic oxidation sites excluding steroid dienone is 2. The highest BCUT2D eigenvalue weighted by molar-refractivity contribution is 6.08. The smallest absolute Gasteiger partial charge is 0.329 e. The van der Waals surface area contributed by atoms with Gasteiger partial charge in [0.2, 0.25) is 11.8 Å². The van der Waals surface area contributed by atoms with Gasteiger partial charge in [0.1, 0.15) is 6.04 Å². The lowest BCUT2D eigenvalue weighted by atomic mass is 9.85. The van der Waals surface area contributed by atoms with Crippen LogP contribution in [-0.4, -0.2) is 46.5 Å². The van der Waals surface area contributed by atoms with Crippen LogP contribution in [0.5, 0.6) is 0 Å². The molecule has 1 saturated heterocycles. The van der Waals surface area contributed by atoms with E-state index in [-0.39, 0.29) is 17.6 Å². The minimum atomic E-state index is -1.14. The molecule has 0 spiro atoms. The first-order chi connectivity index (χ1) is 14.2. The lowest BCUT2D eigenvalue weighted by molar-refractivity contribution is -0.163. The standard InChI is InChI=1S/C22H24N2O6/c1-12(24-20(27)17-6-4-5-7-18(17)21(24)28)22(29)30-14(3)19(26)23-16-10-8-15(9-11-16)13(2)25/h4-5,8-12,14,17-18H,6-7H2,1-3H3,(H,23,26)/t12-,14-,17-,18-/m0/s1. The van der Waals surface area contributed by atoms with Crippen LogP contribution >= 0.6 is 0 Å². The van der Waals surface area contributed by atoms with Gasteiger partial charge in [-0.25, -0.2) is 4.79 Å². The maximum Gasteiger partial charge on any atom is 0.329 e. The highest BCUT2D eigenvalue weighted by Gasteiger charge is 2.50. The van der Waals surface area contributed by atoms with Crippen LogP contribution in [-0.2, 0) is 23.9 Å². The number of amides is 3. The van der Waals surface area contributed by atoms with Crippen LogP contribution in [0.1, 0.15) is 44.0 Å². The summed E-state index contributed by atoms with van der Waals surface area (Å²) in [6, 6.07) is 5.19. The summed E-state index contributed by atoms with van der Waals surface area (Å²) in [6.45, 7) is 4.27. The van der Waals surface area contributed by atoms with E-state index in [1.165, 1.54) is 20.8 Å². The molecule has 30 heavy (non-hydrogen) atoms. The summed E-state index contributed by atoms with van der Waals surface area (Å²) in [5, 5.41) is 2.60. The third kappa shape index (κ3) is 4.17. The molecule has 1 aromatic carbocycles. The van der Waals surface area contributed by atoms with Crippen molar-refractivity contribution in [1.29, 1.82) is 0 Å². The van der Waals surface area contributed by atoms with Gasteiger partial charge in [0.15, 0.2) is 11.9 Å². The van der Waals surface area contributed by atoms with Crippen LogP contribution in [0.3, 0.4) is 0 Å². The van der Waals surface area contributed by atoms with Crippen LogP contribution in [0.4, 0.5) is 5.69 Å². The molecule has 3 rings (SSSR count). The fraction of sp³-hybridized carbons (Fsp3) is 0.409. The van der Waals surface area contributed by atoms with Crippen LogP contribution in [0.2, 0.25) is 0 Å². The number of carbonyl (C=O) groups is 5. The third-order valence-electron chi connectivity index (χ3n) is 5.49. The van der Waals surface area contributed by atoms with Gasteiger partial charge in [0.25, 0.3) is 5.91 Å². The van der Waals surface area contributed by atoms with Gasteiger partial charge < -0.3 is 10.1 Å². The van der Waals surface area contributed by atoms with Gasteiger partial charge in [-0.3, -0.25) is 24.1 Å². The van der Waals surface area contributed by atoms with Crippen molar-refractivity contribution in [3.8, 4) is 0 Å². The second-order valence-electron chi connectivity index (χ2n) is 7.58. The lowest BCUT2D eigenvalue weighted by Gasteiger charge is -2.23. The number of Topliss-reactive ketones (excluding diaryl/α,β-unsaturated/α-hetero) is 1. The Morgan fingerprint density at radius 2 is 1.53 bits per heavy atom. The van der Waals surface area contributed by atoms with Crippen LogP contribution in [0, 0.1) is 11.8 Å². The molecule has 0 bridgehead atoms. The lowest BCUT2D eigenvalue weighted by Crippen LogP contribution is -2.46. The first-order valence-electron chi connectivity index (χ1n) is 9.85. The van der Waals surface area contributed by atoms with Crippen molar-refractivity contribution in [2.75, 3.05) is 5.32 Å². The molecule has 0 aromatic heterocycles. The summed E-state index contributed by atoms with van der Waals surface area (Å²) in [7, 11) is 0. The summed E-state index contributed by atoms with van der Waals surface area (Å²) in [5.41, 5.74) is 0.958. The van der Waals surface area contributed by atoms with E-state index in [1.54, 1.807) is 24.3 Å². The molecule has 8 heteroatoms. The zero-order valence-electron chi connectivity index (χ0n) is 17.1. The zero-order chi connectivity index (χ0) is 22.0. The maximum atomic E-state index is 12.6. The van der Waals surface area contributed by atoms with Gasteiger partial charge in [-0.15, -0.1) is 0 Å². The number of esters is 1. The van der Waals surface area contributed by atoms with Crippen LogP contribution in [0.25, 0.3) is 0 Å². The predicted octanol–water partition coefficient (Wildman–Crippen LogP) is 2.10. The second kappa shape index (κ2) is 8.61. The molecule has 1 fully saturated rings. The molecule has 0 radical (unpaired) electrons. The first-order valence-corrected chi connectivity index (χ1v) is 9.85. The van der Waals surface area contributed by atoms with Crippen molar-refractivity contribution in [3.05, 3.63) is 42.0 Å². The van der Waals surface area contributed by atoms with Crippen molar-refractivity contribution in [1.82, 2.24) is 4.90 Å². The third-order valence-corrected chi connectivity index (χ3v) is 5.49. The molecular formula is C22H24N2O6. The van der Waals surface area contributed by atoms with E-state index in [1.807, 2.05) is 12.2 Å². The van der Waals surface area contributed by atoms with E-state index in [4.69, 9.17) is 4.74 Å². The number of ketones is 1. The number of nitrogens with one attached hydrogen (secondary N) is 1. The molecule has 2 aliphatic rings. The number of ether oxygens (including phenoxy) is 1. The van der Waals surface area contributed by atoms with Gasteiger partial charge in [-0.05, 0) is 57.9 Å². The topological polar surface area (TPSA) is 110 Å². The number of anilines is 1. The van der Waals surface area contributed by atoms with Crippen molar-refractivity contribution in [2.24, 2.45) is 11.8 Å². The monoisotopic (exact) mass is 412 g/mol. The van der Waals surface area contributed by atoms with E-state index >= 15 is 0 Å². The average molecular weight is 412 g/mol. The number of nitrogens with zero attached hydrogens (tertiary/aromatic N) is 1. The Morgan fingerprint density at radius 3 is 2.03 bits per heavy atom. The Balaban J connectivity index is 1.59. The first kappa shape index (κ1) is 21.4. The van der Waals surface area contributed by atoms with Crippen LogP contribution < -0.4 is 5.32 Å². The van der Waals surface area contributed by atoms with E-state index in [0.717, 1.165) is 4.90 Å². The molecular weight excluding hydrogens is 388 g/mol. The van der Waals surface area contributed by atoms with Crippen molar-refractivity contribution in [2.45, 2.75) is 45.8 Å².